The van der Waals surface area contributed by atoms with Gasteiger partial charge in [0.25, 0.3) is 5.69 Å². The zero-order valence-electron chi connectivity index (χ0n) is 13.4. The van der Waals surface area contributed by atoms with Crippen molar-refractivity contribution >= 4 is 11.4 Å². The lowest BCUT2D eigenvalue weighted by Gasteiger charge is -2.08. The van der Waals surface area contributed by atoms with E-state index in [4.69, 9.17) is 9.57 Å². The lowest BCUT2D eigenvalue weighted by molar-refractivity contribution is -0.386. The van der Waals surface area contributed by atoms with E-state index >= 15 is 0 Å². The fraction of sp³-hybridized carbons (Fsp3) is 0.235. The summed E-state index contributed by atoms with van der Waals surface area (Å²) >= 11 is 0. The summed E-state index contributed by atoms with van der Waals surface area (Å²) in [4.78, 5) is 15.7. The van der Waals surface area contributed by atoms with Gasteiger partial charge in [0.1, 0.15) is 18.1 Å². The number of oxime groups is 1. The molecule has 7 heteroatoms. The molecular formula is C17H17FN2O4. The number of benzene rings is 2. The van der Waals surface area contributed by atoms with Crippen LogP contribution in [0.15, 0.2) is 47.6 Å². The van der Waals surface area contributed by atoms with E-state index in [1.54, 1.807) is 37.3 Å². The number of nitrogens with zero attached hydrogens (tertiary/aromatic N) is 2. The number of nitro groups is 1. The molecular weight excluding hydrogens is 315 g/mol. The number of nitro benzene ring substituents is 1. The number of para-hydroxylation sites is 1. The molecule has 0 unspecified atom stereocenters. The molecule has 0 amide bonds. The average molecular weight is 332 g/mol. The molecule has 0 aliphatic heterocycles. The SMILES string of the molecule is COC/C(=N\OCc1ccccc1[N+](=O)[O-])c1ccc(C)c(F)c1. The fourth-order valence-corrected chi connectivity index (χ4v) is 2.06. The van der Waals surface area contributed by atoms with E-state index in [9.17, 15) is 14.5 Å². The van der Waals surface area contributed by atoms with E-state index in [-0.39, 0.29) is 24.7 Å². The van der Waals surface area contributed by atoms with E-state index in [0.717, 1.165) is 0 Å². The Hall–Kier alpha value is -2.80. The van der Waals surface area contributed by atoms with Crippen molar-refractivity contribution in [2.75, 3.05) is 13.7 Å². The van der Waals surface area contributed by atoms with Crippen molar-refractivity contribution in [2.24, 2.45) is 5.16 Å². The summed E-state index contributed by atoms with van der Waals surface area (Å²) in [6.45, 7) is 1.72. The van der Waals surface area contributed by atoms with Gasteiger partial charge in [0.15, 0.2) is 0 Å². The van der Waals surface area contributed by atoms with Crippen LogP contribution in [0.5, 0.6) is 0 Å². The Morgan fingerprint density at radius 2 is 2.04 bits per heavy atom. The Labute approximate surface area is 138 Å². The largest absolute Gasteiger partial charge is 0.390 e. The van der Waals surface area contributed by atoms with Gasteiger partial charge in [-0.2, -0.15) is 0 Å². The van der Waals surface area contributed by atoms with E-state index in [2.05, 4.69) is 5.16 Å². The molecule has 2 aromatic carbocycles. The summed E-state index contributed by atoms with van der Waals surface area (Å²) in [5.41, 5.74) is 1.81. The van der Waals surface area contributed by atoms with Crippen molar-refractivity contribution in [3.63, 3.8) is 0 Å². The Balaban J connectivity index is 2.17. The van der Waals surface area contributed by atoms with Crippen molar-refractivity contribution in [2.45, 2.75) is 13.5 Å². The third-order valence-electron chi connectivity index (χ3n) is 3.37. The number of hydrogen-bond acceptors (Lipinski definition) is 5. The molecule has 0 aliphatic carbocycles. The molecule has 0 saturated carbocycles. The quantitative estimate of drug-likeness (QED) is 0.441. The number of halogens is 1. The number of ether oxygens (including phenoxy) is 1. The summed E-state index contributed by atoms with van der Waals surface area (Å²) < 4.78 is 18.7. The number of aryl methyl sites for hydroxylation is 1. The topological polar surface area (TPSA) is 74.0 Å². The van der Waals surface area contributed by atoms with Crippen LogP contribution in [-0.4, -0.2) is 24.4 Å². The molecule has 0 spiro atoms. The molecule has 24 heavy (non-hydrogen) atoms. The molecule has 0 aromatic heterocycles. The highest BCUT2D eigenvalue weighted by Gasteiger charge is 2.13. The Kier molecular flexibility index (Phi) is 5.97. The fourth-order valence-electron chi connectivity index (χ4n) is 2.06. The van der Waals surface area contributed by atoms with Crippen molar-refractivity contribution in [3.8, 4) is 0 Å². The van der Waals surface area contributed by atoms with Gasteiger partial charge in [-0.25, -0.2) is 4.39 Å². The third kappa shape index (κ3) is 4.36. The monoisotopic (exact) mass is 332 g/mol. The van der Waals surface area contributed by atoms with Crippen LogP contribution in [0.4, 0.5) is 10.1 Å². The van der Waals surface area contributed by atoms with E-state index < -0.39 is 4.92 Å². The second-order valence-electron chi connectivity index (χ2n) is 5.09. The van der Waals surface area contributed by atoms with Crippen molar-refractivity contribution in [1.29, 1.82) is 0 Å². The van der Waals surface area contributed by atoms with Crippen LogP contribution in [0.1, 0.15) is 16.7 Å². The number of rotatable bonds is 7. The Bertz CT molecular complexity index is 762. The maximum absolute atomic E-state index is 13.7. The van der Waals surface area contributed by atoms with Gasteiger partial charge in [-0.3, -0.25) is 10.1 Å². The smallest absolute Gasteiger partial charge is 0.276 e. The molecule has 0 fully saturated rings. The average Bonchev–Trinajstić information content (AvgIpc) is 2.57. The van der Waals surface area contributed by atoms with E-state index in [0.29, 0.717) is 22.4 Å². The second-order valence-corrected chi connectivity index (χ2v) is 5.09. The van der Waals surface area contributed by atoms with Gasteiger partial charge in [0, 0.05) is 18.7 Å². The van der Waals surface area contributed by atoms with E-state index in [1.807, 2.05) is 0 Å². The summed E-state index contributed by atoms with van der Waals surface area (Å²) in [5, 5.41) is 14.9. The molecule has 0 aliphatic rings. The minimum absolute atomic E-state index is 0.0395. The maximum atomic E-state index is 13.7. The van der Waals surface area contributed by atoms with Crippen molar-refractivity contribution in [1.82, 2.24) is 0 Å². The number of hydrogen-bond donors (Lipinski definition) is 0. The van der Waals surface area contributed by atoms with Crippen LogP contribution in [0, 0.1) is 22.9 Å². The third-order valence-corrected chi connectivity index (χ3v) is 3.37. The highest BCUT2D eigenvalue weighted by atomic mass is 19.1. The summed E-state index contributed by atoms with van der Waals surface area (Å²) in [6, 6.07) is 10.9. The van der Waals surface area contributed by atoms with Crippen LogP contribution in [0.3, 0.4) is 0 Å². The van der Waals surface area contributed by atoms with Crippen LogP contribution in [0.2, 0.25) is 0 Å². The molecule has 0 saturated heterocycles. The molecule has 0 bridgehead atoms. The normalized spacial score (nSPS) is 11.4. The van der Waals surface area contributed by atoms with Gasteiger partial charge in [-0.05, 0) is 24.6 Å². The zero-order chi connectivity index (χ0) is 17.5. The lowest BCUT2D eigenvalue weighted by atomic mass is 10.1. The standard InChI is InChI=1S/C17H17FN2O4/c1-12-7-8-13(9-15(12)18)16(11-23-2)19-24-10-14-5-3-4-6-17(14)20(21)22/h3-9H,10-11H2,1-2H3/b19-16+. The first kappa shape index (κ1) is 17.6. The minimum atomic E-state index is -0.478. The zero-order valence-corrected chi connectivity index (χ0v) is 13.4. The number of methoxy groups -OCH3 is 1. The predicted molar refractivity (Wildman–Crippen MR) is 87.4 cm³/mol. The first-order chi connectivity index (χ1) is 11.5. The minimum Gasteiger partial charge on any atom is -0.390 e. The van der Waals surface area contributed by atoms with Crippen LogP contribution < -0.4 is 0 Å². The molecule has 0 N–H and O–H groups in total. The van der Waals surface area contributed by atoms with Crippen LogP contribution in [0.25, 0.3) is 0 Å². The van der Waals surface area contributed by atoms with Gasteiger partial charge in [-0.15, -0.1) is 0 Å². The first-order valence-electron chi connectivity index (χ1n) is 7.19. The van der Waals surface area contributed by atoms with Gasteiger partial charge in [0.05, 0.1) is 17.1 Å². The second kappa shape index (κ2) is 8.16. The maximum Gasteiger partial charge on any atom is 0.276 e. The predicted octanol–water partition coefficient (Wildman–Crippen LogP) is 3.61. The highest BCUT2D eigenvalue weighted by molar-refractivity contribution is 6.01. The van der Waals surface area contributed by atoms with Gasteiger partial charge < -0.3 is 9.57 Å². The molecule has 0 radical (unpaired) electrons. The van der Waals surface area contributed by atoms with E-state index in [1.165, 1.54) is 19.2 Å². The van der Waals surface area contributed by atoms with Gasteiger partial charge in [0.2, 0.25) is 0 Å². The van der Waals surface area contributed by atoms with Crippen LogP contribution >= 0.6 is 0 Å². The van der Waals surface area contributed by atoms with Gasteiger partial charge >= 0.3 is 0 Å². The van der Waals surface area contributed by atoms with Gasteiger partial charge in [-0.1, -0.05) is 29.4 Å². The molecule has 126 valence electrons. The summed E-state index contributed by atoms with van der Waals surface area (Å²) in [5.74, 6) is -0.352. The lowest BCUT2D eigenvalue weighted by Crippen LogP contribution is -2.10. The molecule has 2 rings (SSSR count). The molecule has 0 atom stereocenters. The van der Waals surface area contributed by atoms with Crippen molar-refractivity contribution < 1.29 is 18.9 Å². The Morgan fingerprint density at radius 1 is 1.29 bits per heavy atom. The van der Waals surface area contributed by atoms with Crippen molar-refractivity contribution in [3.05, 3.63) is 75.1 Å². The summed E-state index contributed by atoms with van der Waals surface area (Å²) in [7, 11) is 1.49. The highest BCUT2D eigenvalue weighted by Crippen LogP contribution is 2.18. The van der Waals surface area contributed by atoms with Crippen LogP contribution in [-0.2, 0) is 16.2 Å². The first-order valence-corrected chi connectivity index (χ1v) is 7.19. The molecule has 6 nitrogen and oxygen atoms in total. The summed E-state index contributed by atoms with van der Waals surface area (Å²) in [6.07, 6.45) is 0. The molecule has 2 aromatic rings. The Morgan fingerprint density at radius 3 is 2.71 bits per heavy atom. The molecule has 0 heterocycles.